The van der Waals surface area contributed by atoms with Gasteiger partial charge in [0.1, 0.15) is 6.61 Å². The van der Waals surface area contributed by atoms with Crippen LogP contribution in [0.5, 0.6) is 11.5 Å². The minimum absolute atomic E-state index is 0.178. The van der Waals surface area contributed by atoms with Crippen LogP contribution in [-0.4, -0.2) is 18.1 Å². The molecule has 5 heteroatoms. The largest absolute Gasteiger partial charge is 0.493 e. The predicted octanol–water partition coefficient (Wildman–Crippen LogP) is 3.01. The summed E-state index contributed by atoms with van der Waals surface area (Å²) >= 11 is 1.58. The van der Waals surface area contributed by atoms with Gasteiger partial charge in [0.15, 0.2) is 11.5 Å². The summed E-state index contributed by atoms with van der Waals surface area (Å²) in [4.78, 5) is 5.12. The Balaban J connectivity index is 2.09. The smallest absolute Gasteiger partial charge is 0.161 e. The van der Waals surface area contributed by atoms with E-state index in [2.05, 4.69) is 11.9 Å². The van der Waals surface area contributed by atoms with Crippen LogP contribution in [0.15, 0.2) is 29.9 Å². The van der Waals surface area contributed by atoms with Crippen LogP contribution in [0.25, 0.3) is 0 Å². The summed E-state index contributed by atoms with van der Waals surface area (Å²) in [6.07, 6.45) is 3.62. The zero-order chi connectivity index (χ0) is 14.4. The molecule has 0 amide bonds. The summed E-state index contributed by atoms with van der Waals surface area (Å²) < 4.78 is 11.2. The molecular weight excluding hydrogens is 272 g/mol. The van der Waals surface area contributed by atoms with Gasteiger partial charge in [-0.3, -0.25) is 4.98 Å². The van der Waals surface area contributed by atoms with Crippen LogP contribution in [0.2, 0.25) is 0 Å². The van der Waals surface area contributed by atoms with Crippen molar-refractivity contribution in [3.8, 4) is 11.5 Å². The average Bonchev–Trinajstić information content (AvgIpc) is 2.98. The van der Waals surface area contributed by atoms with Crippen molar-refractivity contribution in [2.24, 2.45) is 5.73 Å². The van der Waals surface area contributed by atoms with Gasteiger partial charge in [-0.05, 0) is 30.5 Å². The van der Waals surface area contributed by atoms with E-state index in [9.17, 15) is 0 Å². The molecule has 2 rings (SSSR count). The fourth-order valence-electron chi connectivity index (χ4n) is 1.87. The molecule has 0 radical (unpaired) electrons. The number of nitrogens with zero attached hydrogens (tertiary/aromatic N) is 1. The molecule has 1 heterocycles. The fraction of sp³-hybridized carbons (Fsp3) is 0.400. The summed E-state index contributed by atoms with van der Waals surface area (Å²) in [5.74, 6) is 1.49. The highest BCUT2D eigenvalue weighted by Gasteiger charge is 2.09. The van der Waals surface area contributed by atoms with Crippen LogP contribution in [0.1, 0.15) is 23.8 Å². The van der Waals surface area contributed by atoms with Crippen molar-refractivity contribution in [1.29, 1.82) is 0 Å². The minimum Gasteiger partial charge on any atom is -0.493 e. The molecule has 0 spiro atoms. The quantitative estimate of drug-likeness (QED) is 0.852. The van der Waals surface area contributed by atoms with Gasteiger partial charge in [0.05, 0.1) is 17.5 Å². The number of rotatable bonds is 7. The summed E-state index contributed by atoms with van der Waals surface area (Å²) in [5, 5.41) is 0. The third-order valence-electron chi connectivity index (χ3n) is 3.10. The normalized spacial score (nSPS) is 12.2. The highest BCUT2D eigenvalue weighted by atomic mass is 32.1. The Morgan fingerprint density at radius 1 is 1.35 bits per heavy atom. The number of benzene rings is 1. The molecule has 4 nitrogen and oxygen atoms in total. The van der Waals surface area contributed by atoms with Crippen molar-refractivity contribution in [2.75, 3.05) is 7.11 Å². The van der Waals surface area contributed by atoms with Gasteiger partial charge < -0.3 is 15.2 Å². The molecule has 0 aliphatic carbocycles. The average molecular weight is 292 g/mol. The van der Waals surface area contributed by atoms with Crippen LogP contribution >= 0.6 is 11.3 Å². The van der Waals surface area contributed by atoms with Crippen LogP contribution in [0, 0.1) is 0 Å². The van der Waals surface area contributed by atoms with Crippen LogP contribution in [0.4, 0.5) is 0 Å². The third-order valence-corrected chi connectivity index (χ3v) is 3.86. The standard InChI is InChI=1S/C15H20N2O2S/c1-3-12(16)6-11-4-5-14(18-2)15(7-11)19-9-13-8-17-10-20-13/h4-5,7-8,10,12H,3,6,9,16H2,1-2H3. The Morgan fingerprint density at radius 2 is 2.20 bits per heavy atom. The fourth-order valence-corrected chi connectivity index (χ4v) is 2.38. The Labute approximate surface area is 123 Å². The molecule has 0 saturated heterocycles. The van der Waals surface area contributed by atoms with Gasteiger partial charge in [0.2, 0.25) is 0 Å². The molecule has 0 aliphatic rings. The van der Waals surface area contributed by atoms with Gasteiger partial charge in [0, 0.05) is 12.2 Å². The first-order valence-corrected chi connectivity index (χ1v) is 7.53. The molecule has 0 aliphatic heterocycles. The van der Waals surface area contributed by atoms with Crippen molar-refractivity contribution in [1.82, 2.24) is 4.98 Å². The summed E-state index contributed by atoms with van der Waals surface area (Å²) in [6.45, 7) is 2.60. The van der Waals surface area contributed by atoms with E-state index in [0.717, 1.165) is 29.2 Å². The summed E-state index contributed by atoms with van der Waals surface area (Å²) in [7, 11) is 1.65. The van der Waals surface area contributed by atoms with E-state index < -0.39 is 0 Å². The topological polar surface area (TPSA) is 57.4 Å². The molecule has 1 aromatic carbocycles. The number of methoxy groups -OCH3 is 1. The molecule has 20 heavy (non-hydrogen) atoms. The van der Waals surface area contributed by atoms with Gasteiger partial charge in [-0.25, -0.2) is 0 Å². The number of hydrogen-bond acceptors (Lipinski definition) is 5. The van der Waals surface area contributed by atoms with Crippen molar-refractivity contribution in [3.05, 3.63) is 40.3 Å². The molecule has 2 aromatic rings. The maximum Gasteiger partial charge on any atom is 0.161 e. The van der Waals surface area contributed by atoms with Gasteiger partial charge in [-0.2, -0.15) is 0 Å². The number of aromatic nitrogens is 1. The van der Waals surface area contributed by atoms with E-state index in [1.165, 1.54) is 5.56 Å². The SMILES string of the molecule is CCC(N)Cc1ccc(OC)c(OCc2cncs2)c1. The second kappa shape index (κ2) is 7.26. The Hall–Kier alpha value is -1.59. The number of ether oxygens (including phenoxy) is 2. The molecule has 1 unspecified atom stereocenters. The molecule has 0 bridgehead atoms. The Morgan fingerprint density at radius 3 is 2.85 bits per heavy atom. The van der Waals surface area contributed by atoms with E-state index in [1.807, 2.05) is 24.4 Å². The molecule has 0 fully saturated rings. The van der Waals surface area contributed by atoms with E-state index >= 15 is 0 Å². The third kappa shape index (κ3) is 3.95. The first-order valence-electron chi connectivity index (χ1n) is 6.65. The van der Waals surface area contributed by atoms with Crippen LogP contribution < -0.4 is 15.2 Å². The van der Waals surface area contributed by atoms with E-state index in [4.69, 9.17) is 15.2 Å². The zero-order valence-corrected chi connectivity index (χ0v) is 12.7. The number of nitrogens with two attached hydrogens (primary N) is 1. The van der Waals surface area contributed by atoms with E-state index in [1.54, 1.807) is 24.0 Å². The zero-order valence-electron chi connectivity index (χ0n) is 11.8. The molecule has 1 atom stereocenters. The van der Waals surface area contributed by atoms with Crippen LogP contribution in [0.3, 0.4) is 0 Å². The molecule has 1 aromatic heterocycles. The van der Waals surface area contributed by atoms with Crippen molar-refractivity contribution in [2.45, 2.75) is 32.4 Å². The minimum atomic E-state index is 0.178. The lowest BCUT2D eigenvalue weighted by molar-refractivity contribution is 0.286. The van der Waals surface area contributed by atoms with Gasteiger partial charge in [0.25, 0.3) is 0 Å². The molecular formula is C15H20N2O2S. The Kier molecular flexibility index (Phi) is 5.38. The summed E-state index contributed by atoms with van der Waals surface area (Å²) in [5.41, 5.74) is 8.96. The maximum atomic E-state index is 6.00. The van der Waals surface area contributed by atoms with Crippen molar-refractivity contribution >= 4 is 11.3 Å². The summed E-state index contributed by atoms with van der Waals surface area (Å²) in [6, 6.07) is 6.15. The van der Waals surface area contributed by atoms with Crippen LogP contribution in [-0.2, 0) is 13.0 Å². The number of thiazole rings is 1. The van der Waals surface area contributed by atoms with E-state index in [0.29, 0.717) is 6.61 Å². The van der Waals surface area contributed by atoms with Crippen molar-refractivity contribution < 1.29 is 9.47 Å². The highest BCUT2D eigenvalue weighted by Crippen LogP contribution is 2.29. The first kappa shape index (κ1) is 14.8. The second-order valence-corrected chi connectivity index (χ2v) is 5.58. The maximum absolute atomic E-state index is 6.00. The lowest BCUT2D eigenvalue weighted by Gasteiger charge is -2.13. The Bertz CT molecular complexity index is 529. The van der Waals surface area contributed by atoms with E-state index in [-0.39, 0.29) is 6.04 Å². The lowest BCUT2D eigenvalue weighted by atomic mass is 10.0. The predicted molar refractivity (Wildman–Crippen MR) is 81.4 cm³/mol. The van der Waals surface area contributed by atoms with Crippen molar-refractivity contribution in [3.63, 3.8) is 0 Å². The first-order chi connectivity index (χ1) is 9.72. The highest BCUT2D eigenvalue weighted by molar-refractivity contribution is 7.09. The van der Waals surface area contributed by atoms with Gasteiger partial charge >= 0.3 is 0 Å². The molecule has 0 saturated carbocycles. The van der Waals surface area contributed by atoms with Gasteiger partial charge in [-0.1, -0.05) is 13.0 Å². The molecule has 2 N–H and O–H groups in total. The second-order valence-electron chi connectivity index (χ2n) is 4.61. The monoisotopic (exact) mass is 292 g/mol. The molecule has 108 valence electrons. The van der Waals surface area contributed by atoms with Gasteiger partial charge in [-0.15, -0.1) is 11.3 Å². The lowest BCUT2D eigenvalue weighted by Crippen LogP contribution is -2.21. The number of hydrogen-bond donors (Lipinski definition) is 1.